The van der Waals surface area contributed by atoms with Crippen LogP contribution in [0.25, 0.3) is 0 Å². The van der Waals surface area contributed by atoms with Crippen molar-refractivity contribution in [3.63, 3.8) is 0 Å². The standard InChI is InChI=1S/C17H22FNO2/c1-5-6-7-8-9-13-12-14(18)10-11-15(13)19-16(20)21-17(2,3)4/h10-12H,5-7H2,1-4H3,(H,19,20). The van der Waals surface area contributed by atoms with Crippen molar-refractivity contribution in [2.75, 3.05) is 5.32 Å². The van der Waals surface area contributed by atoms with Crippen LogP contribution in [0.1, 0.15) is 52.5 Å². The molecule has 1 aromatic rings. The van der Waals surface area contributed by atoms with E-state index in [-0.39, 0.29) is 5.82 Å². The molecule has 0 heterocycles. The second-order valence-corrected chi connectivity index (χ2v) is 5.72. The van der Waals surface area contributed by atoms with Gasteiger partial charge in [-0.2, -0.15) is 0 Å². The van der Waals surface area contributed by atoms with Crippen LogP contribution >= 0.6 is 0 Å². The molecule has 0 aromatic heterocycles. The fourth-order valence-corrected chi connectivity index (χ4v) is 1.57. The third-order valence-corrected chi connectivity index (χ3v) is 2.50. The Morgan fingerprint density at radius 3 is 2.71 bits per heavy atom. The van der Waals surface area contributed by atoms with Gasteiger partial charge in [-0.3, -0.25) is 5.32 Å². The van der Waals surface area contributed by atoms with Crippen LogP contribution in [0, 0.1) is 17.7 Å². The van der Waals surface area contributed by atoms with Gasteiger partial charge in [0.25, 0.3) is 0 Å². The molecule has 0 saturated carbocycles. The highest BCUT2D eigenvalue weighted by molar-refractivity contribution is 5.86. The van der Waals surface area contributed by atoms with Crippen LogP contribution in [0.2, 0.25) is 0 Å². The minimum Gasteiger partial charge on any atom is -0.444 e. The maximum Gasteiger partial charge on any atom is 0.412 e. The Balaban J connectivity index is 2.85. The highest BCUT2D eigenvalue weighted by Gasteiger charge is 2.17. The van der Waals surface area contributed by atoms with Gasteiger partial charge in [0.1, 0.15) is 11.4 Å². The lowest BCUT2D eigenvalue weighted by atomic mass is 10.1. The van der Waals surface area contributed by atoms with Gasteiger partial charge < -0.3 is 4.74 Å². The molecule has 21 heavy (non-hydrogen) atoms. The molecule has 1 N–H and O–H groups in total. The zero-order valence-electron chi connectivity index (χ0n) is 13.0. The molecule has 0 aliphatic rings. The predicted octanol–water partition coefficient (Wildman–Crippen LogP) is 4.71. The number of halogens is 1. The molecule has 4 heteroatoms. The fourth-order valence-electron chi connectivity index (χ4n) is 1.57. The lowest BCUT2D eigenvalue weighted by Crippen LogP contribution is -2.27. The monoisotopic (exact) mass is 291 g/mol. The lowest BCUT2D eigenvalue weighted by Gasteiger charge is -2.20. The number of hydrogen-bond donors (Lipinski definition) is 1. The first-order chi connectivity index (χ1) is 9.81. The smallest absolute Gasteiger partial charge is 0.412 e. The van der Waals surface area contributed by atoms with E-state index in [0.29, 0.717) is 11.3 Å². The number of unbranched alkanes of at least 4 members (excludes halogenated alkanes) is 2. The Hall–Kier alpha value is -2.02. The van der Waals surface area contributed by atoms with E-state index in [1.165, 1.54) is 18.2 Å². The molecule has 0 radical (unpaired) electrons. The summed E-state index contributed by atoms with van der Waals surface area (Å²) in [4.78, 5) is 11.8. The number of anilines is 1. The minimum atomic E-state index is -0.586. The van der Waals surface area contributed by atoms with E-state index < -0.39 is 11.7 Å². The van der Waals surface area contributed by atoms with Gasteiger partial charge in [0.15, 0.2) is 0 Å². The van der Waals surface area contributed by atoms with Crippen molar-refractivity contribution >= 4 is 11.8 Å². The molecule has 114 valence electrons. The Morgan fingerprint density at radius 1 is 1.38 bits per heavy atom. The molecule has 0 aliphatic carbocycles. The van der Waals surface area contributed by atoms with Crippen LogP contribution in [0.5, 0.6) is 0 Å². The van der Waals surface area contributed by atoms with E-state index in [9.17, 15) is 9.18 Å². The van der Waals surface area contributed by atoms with E-state index in [2.05, 4.69) is 24.1 Å². The van der Waals surface area contributed by atoms with Crippen LogP contribution in [0.3, 0.4) is 0 Å². The minimum absolute atomic E-state index is 0.385. The summed E-state index contributed by atoms with van der Waals surface area (Å²) in [5.74, 6) is 5.50. The van der Waals surface area contributed by atoms with Gasteiger partial charge in [-0.05, 0) is 45.4 Å². The molecule has 0 atom stereocenters. The van der Waals surface area contributed by atoms with Crippen molar-refractivity contribution in [3.8, 4) is 11.8 Å². The van der Waals surface area contributed by atoms with Crippen molar-refractivity contribution in [2.24, 2.45) is 0 Å². The van der Waals surface area contributed by atoms with Crippen molar-refractivity contribution in [1.29, 1.82) is 0 Å². The highest BCUT2D eigenvalue weighted by atomic mass is 19.1. The second kappa shape index (κ2) is 7.68. The lowest BCUT2D eigenvalue weighted by molar-refractivity contribution is 0.0636. The molecule has 1 amide bonds. The Bertz CT molecular complexity index is 550. The summed E-state index contributed by atoms with van der Waals surface area (Å²) in [7, 11) is 0. The molecular formula is C17H22FNO2. The molecular weight excluding hydrogens is 269 g/mol. The number of ether oxygens (including phenoxy) is 1. The highest BCUT2D eigenvalue weighted by Crippen LogP contribution is 2.18. The number of benzene rings is 1. The van der Waals surface area contributed by atoms with Crippen molar-refractivity contribution < 1.29 is 13.9 Å². The van der Waals surface area contributed by atoms with Gasteiger partial charge in [-0.15, -0.1) is 0 Å². The summed E-state index contributed by atoms with van der Waals surface area (Å²) >= 11 is 0. The van der Waals surface area contributed by atoms with Crippen molar-refractivity contribution in [2.45, 2.75) is 52.6 Å². The van der Waals surface area contributed by atoms with Gasteiger partial charge in [-0.1, -0.05) is 25.2 Å². The molecule has 0 fully saturated rings. The molecule has 0 saturated heterocycles. The summed E-state index contributed by atoms with van der Waals surface area (Å²) in [5.41, 5.74) is 0.323. The molecule has 1 aromatic carbocycles. The Morgan fingerprint density at radius 2 is 2.10 bits per heavy atom. The van der Waals surface area contributed by atoms with Gasteiger partial charge >= 0.3 is 6.09 Å². The summed E-state index contributed by atoms with van der Waals surface area (Å²) in [5, 5.41) is 2.60. The third kappa shape index (κ3) is 6.80. The van der Waals surface area contributed by atoms with Crippen molar-refractivity contribution in [3.05, 3.63) is 29.6 Å². The zero-order valence-corrected chi connectivity index (χ0v) is 13.0. The van der Waals surface area contributed by atoms with Gasteiger partial charge in [0, 0.05) is 6.42 Å². The molecule has 0 aliphatic heterocycles. The van der Waals surface area contributed by atoms with E-state index in [1.807, 2.05) is 0 Å². The van der Waals surface area contributed by atoms with Crippen LogP contribution in [0.15, 0.2) is 18.2 Å². The molecule has 0 unspecified atom stereocenters. The second-order valence-electron chi connectivity index (χ2n) is 5.72. The number of carbonyl (C=O) groups excluding carboxylic acids is 1. The maximum absolute atomic E-state index is 13.3. The van der Waals surface area contributed by atoms with Gasteiger partial charge in [0.2, 0.25) is 0 Å². The Kier molecular flexibility index (Phi) is 6.23. The molecule has 0 spiro atoms. The van der Waals surface area contributed by atoms with Gasteiger partial charge in [0.05, 0.1) is 11.3 Å². The molecule has 1 rings (SSSR count). The first kappa shape index (κ1) is 17.0. The Labute approximate surface area is 125 Å². The third-order valence-electron chi connectivity index (χ3n) is 2.50. The number of hydrogen-bond acceptors (Lipinski definition) is 2. The summed E-state index contributed by atoms with van der Waals surface area (Å²) in [6, 6.07) is 4.08. The van der Waals surface area contributed by atoms with E-state index in [0.717, 1.165) is 19.3 Å². The summed E-state index contributed by atoms with van der Waals surface area (Å²) in [6.07, 6.45) is 2.22. The van der Waals surface area contributed by atoms with E-state index >= 15 is 0 Å². The largest absolute Gasteiger partial charge is 0.444 e. The first-order valence-corrected chi connectivity index (χ1v) is 7.10. The number of nitrogens with one attached hydrogen (secondary N) is 1. The summed E-state index contributed by atoms with van der Waals surface area (Å²) in [6.45, 7) is 7.42. The average Bonchev–Trinajstić information content (AvgIpc) is 2.35. The van der Waals surface area contributed by atoms with Crippen molar-refractivity contribution in [1.82, 2.24) is 0 Å². The van der Waals surface area contributed by atoms with Crippen LogP contribution < -0.4 is 5.32 Å². The van der Waals surface area contributed by atoms with E-state index in [1.54, 1.807) is 20.8 Å². The molecule has 0 bridgehead atoms. The fraction of sp³-hybridized carbons (Fsp3) is 0.471. The van der Waals surface area contributed by atoms with Crippen LogP contribution in [-0.4, -0.2) is 11.7 Å². The number of carbonyl (C=O) groups is 1. The van der Waals surface area contributed by atoms with Crippen LogP contribution in [0.4, 0.5) is 14.9 Å². The maximum atomic E-state index is 13.3. The average molecular weight is 291 g/mol. The zero-order chi connectivity index (χ0) is 15.9. The normalized spacial score (nSPS) is 10.5. The summed E-state index contributed by atoms with van der Waals surface area (Å²) < 4.78 is 18.5. The quantitative estimate of drug-likeness (QED) is 0.646. The predicted molar refractivity (Wildman–Crippen MR) is 82.7 cm³/mol. The number of rotatable bonds is 3. The SMILES string of the molecule is CCCCC#Cc1cc(F)ccc1NC(=O)OC(C)(C)C. The molecule has 3 nitrogen and oxygen atoms in total. The van der Waals surface area contributed by atoms with Gasteiger partial charge in [-0.25, -0.2) is 9.18 Å². The number of amides is 1. The van der Waals surface area contributed by atoms with E-state index in [4.69, 9.17) is 4.74 Å². The first-order valence-electron chi connectivity index (χ1n) is 7.10. The van der Waals surface area contributed by atoms with Crippen LogP contribution in [-0.2, 0) is 4.74 Å². The topological polar surface area (TPSA) is 38.3 Å².